The molecule has 1 aliphatic rings. The molecule has 1 aliphatic heterocycles. The summed E-state index contributed by atoms with van der Waals surface area (Å²) in [5.74, 6) is -0.0758. The van der Waals surface area contributed by atoms with Crippen LogP contribution in [0.2, 0.25) is 0 Å². The maximum Gasteiger partial charge on any atom is 0.269 e. The lowest BCUT2D eigenvalue weighted by Gasteiger charge is -2.07. The van der Waals surface area contributed by atoms with Gasteiger partial charge in [-0.3, -0.25) is 14.9 Å². The first-order chi connectivity index (χ1) is 8.58. The van der Waals surface area contributed by atoms with Crippen molar-refractivity contribution in [2.24, 2.45) is 0 Å². The van der Waals surface area contributed by atoms with Gasteiger partial charge in [-0.1, -0.05) is 0 Å². The molecule has 1 aromatic rings. The Morgan fingerprint density at radius 3 is 2.61 bits per heavy atom. The van der Waals surface area contributed by atoms with Crippen LogP contribution in [-0.2, 0) is 9.53 Å². The van der Waals surface area contributed by atoms with Crippen molar-refractivity contribution < 1.29 is 14.5 Å². The molecule has 1 unspecified atom stereocenters. The van der Waals surface area contributed by atoms with Crippen LogP contribution in [0.25, 0.3) is 6.08 Å². The molecule has 92 valence electrons. The minimum atomic E-state index is -0.569. The van der Waals surface area contributed by atoms with E-state index in [0.29, 0.717) is 0 Å². The van der Waals surface area contributed by atoms with Gasteiger partial charge in [0.15, 0.2) is 11.9 Å². The predicted octanol–water partition coefficient (Wildman–Crippen LogP) is 2.48. The molecule has 0 saturated heterocycles. The second-order valence-electron chi connectivity index (χ2n) is 3.92. The number of ether oxygens (including phenoxy) is 1. The van der Waals surface area contributed by atoms with Crippen molar-refractivity contribution in [2.75, 3.05) is 0 Å². The molecule has 0 N–H and O–H groups in total. The minimum Gasteiger partial charge on any atom is -0.486 e. The van der Waals surface area contributed by atoms with Gasteiger partial charge in [0, 0.05) is 17.7 Å². The summed E-state index contributed by atoms with van der Waals surface area (Å²) in [4.78, 5) is 21.4. The van der Waals surface area contributed by atoms with E-state index >= 15 is 0 Å². The lowest BCUT2D eigenvalue weighted by Crippen LogP contribution is -2.17. The zero-order valence-electron chi connectivity index (χ0n) is 9.70. The van der Waals surface area contributed by atoms with Crippen LogP contribution in [0.1, 0.15) is 12.5 Å². The lowest BCUT2D eigenvalue weighted by molar-refractivity contribution is -0.384. The zero-order chi connectivity index (χ0) is 13.1. The van der Waals surface area contributed by atoms with Crippen molar-refractivity contribution in [3.8, 4) is 0 Å². The van der Waals surface area contributed by atoms with Crippen molar-refractivity contribution in [1.29, 1.82) is 0 Å². The maximum atomic E-state index is 11.3. The Kier molecular flexibility index (Phi) is 3.23. The Balaban J connectivity index is 2.25. The van der Waals surface area contributed by atoms with E-state index in [-0.39, 0.29) is 11.5 Å². The summed E-state index contributed by atoms with van der Waals surface area (Å²) in [5.41, 5.74) is 1.58. The molecule has 0 fully saturated rings. The highest BCUT2D eigenvalue weighted by molar-refractivity contribution is 5.87. The van der Waals surface area contributed by atoms with Crippen molar-refractivity contribution in [1.82, 2.24) is 0 Å². The highest BCUT2D eigenvalue weighted by atomic mass is 16.6. The van der Waals surface area contributed by atoms with E-state index in [1.54, 1.807) is 24.3 Å². The van der Waals surface area contributed by atoms with Gasteiger partial charge in [-0.05, 0) is 36.8 Å². The fraction of sp³-hybridized carbons (Fsp3) is 0.154. The summed E-state index contributed by atoms with van der Waals surface area (Å²) >= 11 is 0. The van der Waals surface area contributed by atoms with Crippen LogP contribution in [0, 0.1) is 10.1 Å². The Morgan fingerprint density at radius 2 is 2.06 bits per heavy atom. The number of carbonyl (C=O) groups excluding carboxylic acids is 1. The molecule has 1 aromatic carbocycles. The third kappa shape index (κ3) is 2.45. The van der Waals surface area contributed by atoms with Gasteiger partial charge in [0.2, 0.25) is 0 Å². The SMILES string of the molecule is CC(=O)C1OC=CC1=Cc1ccc([N+](=O)[O-])cc1. The first-order valence-corrected chi connectivity index (χ1v) is 5.36. The summed E-state index contributed by atoms with van der Waals surface area (Å²) in [6.07, 6.45) is 4.40. The number of nitro benzene ring substituents is 1. The number of hydrogen-bond donors (Lipinski definition) is 0. The van der Waals surface area contributed by atoms with E-state index in [9.17, 15) is 14.9 Å². The highest BCUT2D eigenvalue weighted by Crippen LogP contribution is 2.21. The van der Waals surface area contributed by atoms with E-state index in [1.165, 1.54) is 25.3 Å². The van der Waals surface area contributed by atoms with E-state index < -0.39 is 11.0 Å². The molecule has 0 radical (unpaired) electrons. The number of nitrogens with zero attached hydrogens (tertiary/aromatic N) is 1. The van der Waals surface area contributed by atoms with Crippen molar-refractivity contribution >= 4 is 17.5 Å². The number of rotatable bonds is 3. The van der Waals surface area contributed by atoms with Crippen molar-refractivity contribution in [2.45, 2.75) is 13.0 Å². The lowest BCUT2D eigenvalue weighted by atomic mass is 10.0. The van der Waals surface area contributed by atoms with Gasteiger partial charge in [0.1, 0.15) is 0 Å². The van der Waals surface area contributed by atoms with Crippen LogP contribution < -0.4 is 0 Å². The maximum absolute atomic E-state index is 11.3. The van der Waals surface area contributed by atoms with E-state index in [1.807, 2.05) is 0 Å². The van der Waals surface area contributed by atoms with Gasteiger partial charge in [0.05, 0.1) is 11.2 Å². The standard InChI is InChI=1S/C13H11NO4/c1-9(15)13-11(6-7-18-13)8-10-2-4-12(5-3-10)14(16)17/h2-8,13H,1H3. The molecular weight excluding hydrogens is 234 g/mol. The molecule has 0 spiro atoms. The van der Waals surface area contributed by atoms with Gasteiger partial charge < -0.3 is 4.74 Å². The average Bonchev–Trinajstić information content (AvgIpc) is 2.78. The number of nitro groups is 1. The van der Waals surface area contributed by atoms with Crippen LogP contribution in [0.3, 0.4) is 0 Å². The molecule has 2 rings (SSSR count). The fourth-order valence-electron chi connectivity index (χ4n) is 1.70. The molecule has 0 aromatic heterocycles. The molecule has 5 nitrogen and oxygen atoms in total. The van der Waals surface area contributed by atoms with Gasteiger partial charge in [-0.25, -0.2) is 0 Å². The Hall–Kier alpha value is -2.43. The number of Topliss-reactive ketones (excluding diaryl/α,β-unsaturated/α-hetero) is 1. The van der Waals surface area contributed by atoms with Gasteiger partial charge >= 0.3 is 0 Å². The smallest absolute Gasteiger partial charge is 0.269 e. The average molecular weight is 245 g/mol. The van der Waals surface area contributed by atoms with Crippen LogP contribution in [0.5, 0.6) is 0 Å². The van der Waals surface area contributed by atoms with Gasteiger partial charge in [0.25, 0.3) is 5.69 Å². The third-order valence-corrected chi connectivity index (χ3v) is 2.58. The second kappa shape index (κ2) is 4.83. The first kappa shape index (κ1) is 12.0. The number of ketones is 1. The van der Waals surface area contributed by atoms with Crippen LogP contribution in [-0.4, -0.2) is 16.8 Å². The van der Waals surface area contributed by atoms with Crippen molar-refractivity contribution in [3.05, 3.63) is 57.9 Å². The normalized spacial score (nSPS) is 19.8. The molecule has 0 amide bonds. The highest BCUT2D eigenvalue weighted by Gasteiger charge is 2.22. The summed E-state index contributed by atoms with van der Waals surface area (Å²) in [6.45, 7) is 1.46. The quantitative estimate of drug-likeness (QED) is 0.606. The monoisotopic (exact) mass is 245 g/mol. The molecule has 1 atom stereocenters. The Bertz CT molecular complexity index is 543. The third-order valence-electron chi connectivity index (χ3n) is 2.58. The Labute approximate surface area is 104 Å². The topological polar surface area (TPSA) is 69.4 Å². The van der Waals surface area contributed by atoms with Gasteiger partial charge in [-0.15, -0.1) is 0 Å². The minimum absolute atomic E-state index is 0.0403. The zero-order valence-corrected chi connectivity index (χ0v) is 9.70. The molecule has 0 aliphatic carbocycles. The number of benzene rings is 1. The molecule has 1 heterocycles. The Morgan fingerprint density at radius 1 is 1.39 bits per heavy atom. The van der Waals surface area contributed by atoms with Crippen molar-refractivity contribution in [3.63, 3.8) is 0 Å². The van der Waals surface area contributed by atoms with Crippen LogP contribution in [0.15, 0.2) is 42.2 Å². The number of hydrogen-bond acceptors (Lipinski definition) is 4. The summed E-state index contributed by atoms with van der Waals surface area (Å²) in [7, 11) is 0. The molecule has 5 heteroatoms. The fourth-order valence-corrected chi connectivity index (χ4v) is 1.70. The first-order valence-electron chi connectivity index (χ1n) is 5.36. The van der Waals surface area contributed by atoms with E-state index in [2.05, 4.69) is 0 Å². The number of non-ortho nitro benzene ring substituents is 1. The molecule has 18 heavy (non-hydrogen) atoms. The molecule has 0 bridgehead atoms. The predicted molar refractivity (Wildman–Crippen MR) is 65.8 cm³/mol. The largest absolute Gasteiger partial charge is 0.486 e. The summed E-state index contributed by atoms with van der Waals surface area (Å²) in [6, 6.07) is 6.12. The van der Waals surface area contributed by atoms with E-state index in [0.717, 1.165) is 11.1 Å². The van der Waals surface area contributed by atoms with E-state index in [4.69, 9.17) is 4.74 Å². The number of carbonyl (C=O) groups is 1. The molecular formula is C13H11NO4. The summed E-state index contributed by atoms with van der Waals surface area (Å²) in [5, 5.41) is 10.5. The van der Waals surface area contributed by atoms with Crippen LogP contribution in [0.4, 0.5) is 5.69 Å². The second-order valence-corrected chi connectivity index (χ2v) is 3.92. The summed E-state index contributed by atoms with van der Waals surface area (Å²) < 4.78 is 5.15. The van der Waals surface area contributed by atoms with Gasteiger partial charge in [-0.2, -0.15) is 0 Å². The molecule has 0 saturated carbocycles. The van der Waals surface area contributed by atoms with Crippen LogP contribution >= 0.6 is 0 Å².